The molecule has 2 aromatic carbocycles. The van der Waals surface area contributed by atoms with Crippen LogP contribution in [0.5, 0.6) is 0 Å². The molecule has 0 saturated heterocycles. The first-order valence-corrected chi connectivity index (χ1v) is 8.68. The maximum absolute atomic E-state index is 4.85. The molecular formula is C22H24N2. The SMILES string of the molecule is CCCCc1cc(-c2cccc(C)c2)nc(-c2cccc(C)c2)n1. The highest BCUT2D eigenvalue weighted by Crippen LogP contribution is 2.24. The zero-order valence-electron chi connectivity index (χ0n) is 14.7. The van der Waals surface area contributed by atoms with Gasteiger partial charge in [-0.1, -0.05) is 60.9 Å². The molecule has 0 N–H and O–H groups in total. The quantitative estimate of drug-likeness (QED) is 0.597. The van der Waals surface area contributed by atoms with E-state index in [1.807, 2.05) is 0 Å². The molecule has 2 heteroatoms. The first kappa shape index (κ1) is 16.4. The Labute approximate surface area is 144 Å². The summed E-state index contributed by atoms with van der Waals surface area (Å²) in [6.07, 6.45) is 3.32. The van der Waals surface area contributed by atoms with Crippen LogP contribution in [0.1, 0.15) is 36.6 Å². The lowest BCUT2D eigenvalue weighted by atomic mass is 10.1. The number of hydrogen-bond acceptors (Lipinski definition) is 2. The third-order valence-electron chi connectivity index (χ3n) is 4.16. The van der Waals surface area contributed by atoms with Gasteiger partial charge in [-0.15, -0.1) is 0 Å². The fourth-order valence-electron chi connectivity index (χ4n) is 2.85. The molecule has 3 rings (SSSR count). The second-order valence-corrected chi connectivity index (χ2v) is 6.41. The van der Waals surface area contributed by atoms with Crippen LogP contribution in [0.2, 0.25) is 0 Å². The lowest BCUT2D eigenvalue weighted by Gasteiger charge is -2.09. The van der Waals surface area contributed by atoms with Crippen LogP contribution in [0.3, 0.4) is 0 Å². The zero-order chi connectivity index (χ0) is 16.9. The van der Waals surface area contributed by atoms with Crippen LogP contribution in [0.25, 0.3) is 22.6 Å². The second kappa shape index (κ2) is 7.39. The average molecular weight is 316 g/mol. The van der Waals surface area contributed by atoms with E-state index in [0.717, 1.165) is 41.2 Å². The van der Waals surface area contributed by atoms with Gasteiger partial charge >= 0.3 is 0 Å². The van der Waals surface area contributed by atoms with E-state index in [2.05, 4.69) is 75.4 Å². The van der Waals surface area contributed by atoms with Crippen molar-refractivity contribution in [1.82, 2.24) is 9.97 Å². The third-order valence-corrected chi connectivity index (χ3v) is 4.16. The fourth-order valence-corrected chi connectivity index (χ4v) is 2.85. The van der Waals surface area contributed by atoms with Crippen molar-refractivity contribution in [3.05, 3.63) is 71.4 Å². The van der Waals surface area contributed by atoms with E-state index in [0.29, 0.717) is 0 Å². The highest BCUT2D eigenvalue weighted by Gasteiger charge is 2.09. The monoisotopic (exact) mass is 316 g/mol. The molecular weight excluding hydrogens is 292 g/mol. The Morgan fingerprint density at radius 2 is 1.46 bits per heavy atom. The lowest BCUT2D eigenvalue weighted by molar-refractivity contribution is 0.775. The van der Waals surface area contributed by atoms with Gasteiger partial charge in [0.05, 0.1) is 5.69 Å². The summed E-state index contributed by atoms with van der Waals surface area (Å²) in [4.78, 5) is 9.67. The van der Waals surface area contributed by atoms with Crippen molar-refractivity contribution in [1.29, 1.82) is 0 Å². The van der Waals surface area contributed by atoms with Gasteiger partial charge in [-0.25, -0.2) is 9.97 Å². The van der Waals surface area contributed by atoms with Crippen molar-refractivity contribution in [2.75, 3.05) is 0 Å². The van der Waals surface area contributed by atoms with E-state index in [1.165, 1.54) is 17.5 Å². The van der Waals surface area contributed by atoms with Gasteiger partial charge in [-0.2, -0.15) is 0 Å². The van der Waals surface area contributed by atoms with Crippen molar-refractivity contribution in [2.24, 2.45) is 0 Å². The molecule has 122 valence electrons. The van der Waals surface area contributed by atoms with E-state index in [-0.39, 0.29) is 0 Å². The van der Waals surface area contributed by atoms with Crippen LogP contribution in [-0.2, 0) is 6.42 Å². The van der Waals surface area contributed by atoms with Crippen LogP contribution < -0.4 is 0 Å². The topological polar surface area (TPSA) is 25.8 Å². The van der Waals surface area contributed by atoms with E-state index >= 15 is 0 Å². The number of hydrogen-bond donors (Lipinski definition) is 0. The Morgan fingerprint density at radius 3 is 2.12 bits per heavy atom. The summed E-state index contributed by atoms with van der Waals surface area (Å²) in [5.74, 6) is 0.823. The first-order chi connectivity index (χ1) is 11.7. The highest BCUT2D eigenvalue weighted by molar-refractivity contribution is 5.65. The average Bonchev–Trinajstić information content (AvgIpc) is 2.60. The Hall–Kier alpha value is -2.48. The van der Waals surface area contributed by atoms with Crippen LogP contribution >= 0.6 is 0 Å². The van der Waals surface area contributed by atoms with Crippen LogP contribution in [0, 0.1) is 13.8 Å². The Bertz CT molecular complexity index is 773. The van der Waals surface area contributed by atoms with E-state index in [4.69, 9.17) is 9.97 Å². The highest BCUT2D eigenvalue weighted by atomic mass is 14.9. The summed E-state index contributed by atoms with van der Waals surface area (Å²) in [5.41, 5.74) is 6.85. The minimum atomic E-state index is 0.823. The first-order valence-electron chi connectivity index (χ1n) is 8.68. The molecule has 0 fully saturated rings. The smallest absolute Gasteiger partial charge is 0.160 e. The lowest BCUT2D eigenvalue weighted by Crippen LogP contribution is -1.99. The van der Waals surface area contributed by atoms with Gasteiger partial charge < -0.3 is 0 Å². The predicted molar refractivity (Wildman–Crippen MR) is 101 cm³/mol. The fraction of sp³-hybridized carbons (Fsp3) is 0.273. The van der Waals surface area contributed by atoms with Gasteiger partial charge in [0.2, 0.25) is 0 Å². The van der Waals surface area contributed by atoms with Crippen molar-refractivity contribution >= 4 is 0 Å². The molecule has 1 aromatic heterocycles. The van der Waals surface area contributed by atoms with Gasteiger partial charge in [0.1, 0.15) is 0 Å². The van der Waals surface area contributed by atoms with Crippen molar-refractivity contribution in [3.8, 4) is 22.6 Å². The number of rotatable bonds is 5. The van der Waals surface area contributed by atoms with Crippen LogP contribution in [0.4, 0.5) is 0 Å². The number of unbranched alkanes of at least 4 members (excludes halogenated alkanes) is 1. The van der Waals surface area contributed by atoms with Gasteiger partial charge in [0.25, 0.3) is 0 Å². The summed E-state index contributed by atoms with van der Waals surface area (Å²) in [5, 5.41) is 0. The maximum Gasteiger partial charge on any atom is 0.160 e. The largest absolute Gasteiger partial charge is 0.233 e. The van der Waals surface area contributed by atoms with E-state index < -0.39 is 0 Å². The molecule has 0 aliphatic carbocycles. The molecule has 3 aromatic rings. The number of aryl methyl sites for hydroxylation is 3. The molecule has 0 radical (unpaired) electrons. The molecule has 0 atom stereocenters. The minimum absolute atomic E-state index is 0.823. The summed E-state index contributed by atoms with van der Waals surface area (Å²) in [7, 11) is 0. The second-order valence-electron chi connectivity index (χ2n) is 6.41. The molecule has 24 heavy (non-hydrogen) atoms. The third kappa shape index (κ3) is 3.88. The Morgan fingerprint density at radius 1 is 0.792 bits per heavy atom. The van der Waals surface area contributed by atoms with E-state index in [1.54, 1.807) is 0 Å². The molecule has 1 heterocycles. The van der Waals surface area contributed by atoms with Crippen LogP contribution in [-0.4, -0.2) is 9.97 Å². The van der Waals surface area contributed by atoms with Gasteiger partial charge in [-0.05, 0) is 44.9 Å². The number of aromatic nitrogens is 2. The molecule has 0 amide bonds. The maximum atomic E-state index is 4.85. The van der Waals surface area contributed by atoms with Crippen molar-refractivity contribution in [3.63, 3.8) is 0 Å². The molecule has 0 unspecified atom stereocenters. The Balaban J connectivity index is 2.10. The number of benzene rings is 2. The summed E-state index contributed by atoms with van der Waals surface area (Å²) in [6, 6.07) is 19.1. The predicted octanol–water partition coefficient (Wildman–Crippen LogP) is 5.77. The Kier molecular flexibility index (Phi) is 5.05. The molecule has 0 spiro atoms. The normalized spacial score (nSPS) is 10.8. The molecule has 0 saturated carbocycles. The van der Waals surface area contributed by atoms with Crippen molar-refractivity contribution < 1.29 is 0 Å². The summed E-state index contributed by atoms with van der Waals surface area (Å²) < 4.78 is 0. The van der Waals surface area contributed by atoms with Crippen LogP contribution in [0.15, 0.2) is 54.6 Å². The van der Waals surface area contributed by atoms with Gasteiger partial charge in [0.15, 0.2) is 5.82 Å². The van der Waals surface area contributed by atoms with Gasteiger partial charge in [0, 0.05) is 16.8 Å². The summed E-state index contributed by atoms with van der Waals surface area (Å²) in [6.45, 7) is 6.43. The molecule has 0 aliphatic rings. The van der Waals surface area contributed by atoms with Crippen molar-refractivity contribution in [2.45, 2.75) is 40.0 Å². The van der Waals surface area contributed by atoms with E-state index in [9.17, 15) is 0 Å². The molecule has 2 nitrogen and oxygen atoms in total. The molecule has 0 aliphatic heterocycles. The standard InChI is InChI=1S/C22H24N2/c1-4-5-12-20-15-21(18-10-6-8-16(2)13-18)24-22(23-20)19-11-7-9-17(3)14-19/h6-11,13-15H,4-5,12H2,1-3H3. The molecule has 0 bridgehead atoms. The minimum Gasteiger partial charge on any atom is -0.233 e. The van der Waals surface area contributed by atoms with Gasteiger partial charge in [-0.3, -0.25) is 0 Å². The summed E-state index contributed by atoms with van der Waals surface area (Å²) >= 11 is 0. The number of nitrogens with zero attached hydrogens (tertiary/aromatic N) is 2. The zero-order valence-corrected chi connectivity index (χ0v) is 14.7.